The van der Waals surface area contributed by atoms with Gasteiger partial charge in [-0.2, -0.15) is 0 Å². The smallest absolute Gasteiger partial charge is 0.265 e. The predicted octanol–water partition coefficient (Wildman–Crippen LogP) is 2.65. The van der Waals surface area contributed by atoms with E-state index in [9.17, 15) is 4.79 Å². The number of rotatable bonds is 4. The molecule has 18 heavy (non-hydrogen) atoms. The number of benzene rings is 1. The van der Waals surface area contributed by atoms with Crippen LogP contribution in [-0.2, 0) is 6.42 Å². The van der Waals surface area contributed by atoms with E-state index in [1.54, 1.807) is 11.0 Å². The summed E-state index contributed by atoms with van der Waals surface area (Å²) < 4.78 is 0. The minimum Gasteiger partial charge on any atom is -0.397 e. The van der Waals surface area contributed by atoms with Gasteiger partial charge in [0, 0.05) is 13.6 Å². The van der Waals surface area contributed by atoms with Gasteiger partial charge in [0.1, 0.15) is 4.88 Å². The SMILES string of the molecule is CN(CCc1ccccc1)C(=O)c1sccc1N. The van der Waals surface area contributed by atoms with Crippen LogP contribution in [0.2, 0.25) is 0 Å². The van der Waals surface area contributed by atoms with Crippen molar-refractivity contribution >= 4 is 22.9 Å². The maximum absolute atomic E-state index is 12.1. The van der Waals surface area contributed by atoms with Crippen molar-refractivity contribution in [3.8, 4) is 0 Å². The van der Waals surface area contributed by atoms with Gasteiger partial charge >= 0.3 is 0 Å². The average Bonchev–Trinajstić information content (AvgIpc) is 2.82. The Hall–Kier alpha value is -1.81. The Kier molecular flexibility index (Phi) is 3.99. The quantitative estimate of drug-likeness (QED) is 0.918. The number of carbonyl (C=O) groups is 1. The maximum atomic E-state index is 12.1. The van der Waals surface area contributed by atoms with Gasteiger partial charge in [-0.05, 0) is 23.4 Å². The largest absolute Gasteiger partial charge is 0.397 e. The maximum Gasteiger partial charge on any atom is 0.265 e. The fourth-order valence-corrected chi connectivity index (χ4v) is 2.52. The molecule has 3 nitrogen and oxygen atoms in total. The van der Waals surface area contributed by atoms with Gasteiger partial charge in [0.25, 0.3) is 5.91 Å². The summed E-state index contributed by atoms with van der Waals surface area (Å²) in [5, 5.41) is 1.84. The van der Waals surface area contributed by atoms with Gasteiger partial charge in [-0.3, -0.25) is 4.79 Å². The summed E-state index contributed by atoms with van der Waals surface area (Å²) in [6.07, 6.45) is 0.856. The van der Waals surface area contributed by atoms with Crippen LogP contribution in [0.25, 0.3) is 0 Å². The molecule has 2 N–H and O–H groups in total. The van der Waals surface area contributed by atoms with Crippen LogP contribution in [0, 0.1) is 0 Å². The Morgan fingerprint density at radius 1 is 1.28 bits per heavy atom. The first-order valence-electron chi connectivity index (χ1n) is 5.81. The van der Waals surface area contributed by atoms with Crippen LogP contribution in [0.4, 0.5) is 5.69 Å². The van der Waals surface area contributed by atoms with Crippen LogP contribution < -0.4 is 5.73 Å². The molecule has 0 bridgehead atoms. The topological polar surface area (TPSA) is 46.3 Å². The monoisotopic (exact) mass is 260 g/mol. The van der Waals surface area contributed by atoms with E-state index in [0.29, 0.717) is 17.1 Å². The van der Waals surface area contributed by atoms with Gasteiger partial charge in [0.05, 0.1) is 5.69 Å². The second kappa shape index (κ2) is 5.69. The van der Waals surface area contributed by atoms with Crippen molar-refractivity contribution in [1.82, 2.24) is 4.90 Å². The molecule has 94 valence electrons. The zero-order chi connectivity index (χ0) is 13.0. The lowest BCUT2D eigenvalue weighted by Gasteiger charge is -2.16. The first-order valence-corrected chi connectivity index (χ1v) is 6.69. The van der Waals surface area contributed by atoms with Crippen LogP contribution in [0.3, 0.4) is 0 Å². The van der Waals surface area contributed by atoms with E-state index in [-0.39, 0.29) is 5.91 Å². The summed E-state index contributed by atoms with van der Waals surface area (Å²) in [4.78, 5) is 14.5. The number of thiophene rings is 1. The van der Waals surface area contributed by atoms with Gasteiger partial charge < -0.3 is 10.6 Å². The van der Waals surface area contributed by atoms with E-state index in [2.05, 4.69) is 12.1 Å². The van der Waals surface area contributed by atoms with E-state index in [4.69, 9.17) is 5.73 Å². The van der Waals surface area contributed by atoms with Crippen molar-refractivity contribution in [2.45, 2.75) is 6.42 Å². The van der Waals surface area contributed by atoms with Crippen LogP contribution in [0.15, 0.2) is 41.8 Å². The summed E-state index contributed by atoms with van der Waals surface area (Å²) in [7, 11) is 1.81. The van der Waals surface area contributed by atoms with Crippen molar-refractivity contribution in [2.24, 2.45) is 0 Å². The predicted molar refractivity (Wildman–Crippen MR) is 75.8 cm³/mol. The molecule has 0 radical (unpaired) electrons. The minimum atomic E-state index is -0.00145. The van der Waals surface area contributed by atoms with Gasteiger partial charge in [-0.25, -0.2) is 0 Å². The third-order valence-electron chi connectivity index (χ3n) is 2.82. The number of hydrogen-bond donors (Lipinski definition) is 1. The molecule has 1 amide bonds. The number of nitrogens with zero attached hydrogens (tertiary/aromatic N) is 1. The van der Waals surface area contributed by atoms with Crippen molar-refractivity contribution in [1.29, 1.82) is 0 Å². The Balaban J connectivity index is 1.95. The van der Waals surface area contributed by atoms with Crippen molar-refractivity contribution in [3.05, 3.63) is 52.2 Å². The second-order valence-electron chi connectivity index (χ2n) is 4.17. The van der Waals surface area contributed by atoms with Gasteiger partial charge in [0.15, 0.2) is 0 Å². The number of likely N-dealkylation sites (N-methyl/N-ethyl adjacent to an activating group) is 1. The van der Waals surface area contributed by atoms with E-state index < -0.39 is 0 Å². The molecule has 0 saturated carbocycles. The number of hydrogen-bond acceptors (Lipinski definition) is 3. The number of nitrogens with two attached hydrogens (primary N) is 1. The highest BCUT2D eigenvalue weighted by atomic mass is 32.1. The highest BCUT2D eigenvalue weighted by Gasteiger charge is 2.15. The van der Waals surface area contributed by atoms with E-state index in [1.807, 2.05) is 30.6 Å². The molecule has 0 aliphatic carbocycles. The number of anilines is 1. The molecule has 1 heterocycles. The average molecular weight is 260 g/mol. The molecule has 4 heteroatoms. The lowest BCUT2D eigenvalue weighted by Crippen LogP contribution is -2.28. The fraction of sp³-hybridized carbons (Fsp3) is 0.214. The third kappa shape index (κ3) is 2.90. The first kappa shape index (κ1) is 12.6. The molecule has 0 aliphatic rings. The van der Waals surface area contributed by atoms with E-state index in [1.165, 1.54) is 16.9 Å². The molecule has 0 saturated heterocycles. The van der Waals surface area contributed by atoms with Crippen LogP contribution >= 0.6 is 11.3 Å². The molecule has 0 aliphatic heterocycles. The van der Waals surface area contributed by atoms with Crippen LogP contribution in [0.5, 0.6) is 0 Å². The molecule has 2 rings (SSSR count). The van der Waals surface area contributed by atoms with Crippen molar-refractivity contribution in [3.63, 3.8) is 0 Å². The standard InChI is InChI=1S/C14H16N2OS/c1-16(9-7-11-5-3-2-4-6-11)14(17)13-12(15)8-10-18-13/h2-6,8,10H,7,9,15H2,1H3. The zero-order valence-electron chi connectivity index (χ0n) is 10.3. The molecule has 0 unspecified atom stereocenters. The van der Waals surface area contributed by atoms with E-state index >= 15 is 0 Å². The van der Waals surface area contributed by atoms with Crippen molar-refractivity contribution < 1.29 is 4.79 Å². The molecule has 0 spiro atoms. The van der Waals surface area contributed by atoms with Crippen LogP contribution in [0.1, 0.15) is 15.2 Å². The molecule has 1 aromatic heterocycles. The number of nitrogen functional groups attached to an aromatic ring is 1. The summed E-state index contributed by atoms with van der Waals surface area (Å²) in [5.74, 6) is -0.00145. The highest BCUT2D eigenvalue weighted by Crippen LogP contribution is 2.20. The Morgan fingerprint density at radius 3 is 2.61 bits per heavy atom. The zero-order valence-corrected chi connectivity index (χ0v) is 11.1. The second-order valence-corrected chi connectivity index (χ2v) is 5.08. The number of carbonyl (C=O) groups excluding carboxylic acids is 1. The molecular formula is C14H16N2OS. The fourth-order valence-electron chi connectivity index (χ4n) is 1.71. The molecule has 0 fully saturated rings. The normalized spacial score (nSPS) is 10.3. The summed E-state index contributed by atoms with van der Waals surface area (Å²) in [5.41, 5.74) is 7.55. The Bertz CT molecular complexity index is 522. The highest BCUT2D eigenvalue weighted by molar-refractivity contribution is 7.12. The minimum absolute atomic E-state index is 0.00145. The number of amides is 1. The molecular weight excluding hydrogens is 244 g/mol. The van der Waals surface area contributed by atoms with Gasteiger partial charge in [0.2, 0.25) is 0 Å². The third-order valence-corrected chi connectivity index (χ3v) is 3.73. The molecule has 2 aromatic rings. The lowest BCUT2D eigenvalue weighted by molar-refractivity contribution is 0.0802. The molecule has 1 aromatic carbocycles. The lowest BCUT2D eigenvalue weighted by atomic mass is 10.1. The molecule has 0 atom stereocenters. The van der Waals surface area contributed by atoms with Crippen molar-refractivity contribution in [2.75, 3.05) is 19.3 Å². The summed E-state index contributed by atoms with van der Waals surface area (Å²) >= 11 is 1.39. The van der Waals surface area contributed by atoms with Gasteiger partial charge in [-0.1, -0.05) is 30.3 Å². The Morgan fingerprint density at radius 2 is 2.00 bits per heavy atom. The van der Waals surface area contributed by atoms with Crippen LogP contribution in [-0.4, -0.2) is 24.4 Å². The summed E-state index contributed by atoms with van der Waals surface area (Å²) in [6.45, 7) is 0.695. The van der Waals surface area contributed by atoms with E-state index in [0.717, 1.165) is 6.42 Å². The summed E-state index contributed by atoms with van der Waals surface area (Å²) in [6, 6.07) is 11.9. The Labute approximate surface area is 111 Å². The first-order chi connectivity index (χ1) is 8.68. The van der Waals surface area contributed by atoms with Gasteiger partial charge in [-0.15, -0.1) is 11.3 Å².